The number of ketones is 1. The SMILES string of the molecule is CNC(=O)O/N=C(/C(=O)c1ccccc1[N+](=O)[O-])n1cncn1. The van der Waals surface area contributed by atoms with Gasteiger partial charge in [-0.2, -0.15) is 9.78 Å². The molecule has 2 rings (SSSR count). The molecular weight excluding hydrogens is 308 g/mol. The Hall–Kier alpha value is -3.63. The summed E-state index contributed by atoms with van der Waals surface area (Å²) in [7, 11) is 1.30. The van der Waals surface area contributed by atoms with Gasteiger partial charge in [-0.3, -0.25) is 19.7 Å². The summed E-state index contributed by atoms with van der Waals surface area (Å²) in [5.41, 5.74) is -0.641. The van der Waals surface area contributed by atoms with Crippen molar-refractivity contribution in [3.8, 4) is 0 Å². The number of oxime groups is 1. The number of benzene rings is 1. The third kappa shape index (κ3) is 3.53. The summed E-state index contributed by atoms with van der Waals surface area (Å²) in [5, 5.41) is 20.3. The number of carbonyl (C=O) groups excluding carboxylic acids is 2. The van der Waals surface area contributed by atoms with E-state index in [-0.39, 0.29) is 5.56 Å². The third-order valence-corrected chi connectivity index (χ3v) is 2.60. The van der Waals surface area contributed by atoms with Crippen molar-refractivity contribution in [3.05, 3.63) is 52.6 Å². The lowest BCUT2D eigenvalue weighted by Crippen LogP contribution is -2.26. The van der Waals surface area contributed by atoms with E-state index in [0.717, 1.165) is 17.3 Å². The van der Waals surface area contributed by atoms with Gasteiger partial charge >= 0.3 is 6.09 Å². The van der Waals surface area contributed by atoms with Crippen LogP contribution in [0.25, 0.3) is 0 Å². The lowest BCUT2D eigenvalue weighted by Gasteiger charge is -2.05. The molecule has 0 aliphatic heterocycles. The second-order valence-electron chi connectivity index (χ2n) is 3.99. The minimum Gasteiger partial charge on any atom is -0.323 e. The summed E-state index contributed by atoms with van der Waals surface area (Å²) in [6.45, 7) is 0. The Labute approximate surface area is 128 Å². The van der Waals surface area contributed by atoms with Gasteiger partial charge in [-0.15, -0.1) is 0 Å². The van der Waals surface area contributed by atoms with Crippen LogP contribution in [-0.2, 0) is 4.84 Å². The molecule has 1 amide bonds. The number of nitrogens with zero attached hydrogens (tertiary/aromatic N) is 5. The second-order valence-corrected chi connectivity index (χ2v) is 3.99. The average molecular weight is 318 g/mol. The van der Waals surface area contributed by atoms with Crippen LogP contribution in [0, 0.1) is 10.1 Å². The number of nitro groups is 1. The molecule has 0 atom stereocenters. The van der Waals surface area contributed by atoms with Crippen molar-refractivity contribution in [2.24, 2.45) is 5.16 Å². The summed E-state index contributed by atoms with van der Waals surface area (Å²) < 4.78 is 0.933. The Kier molecular flexibility index (Phi) is 4.72. The van der Waals surface area contributed by atoms with Gasteiger partial charge in [0.15, 0.2) is 0 Å². The van der Waals surface area contributed by atoms with Crippen LogP contribution in [0.15, 0.2) is 42.1 Å². The predicted octanol–water partition coefficient (Wildman–Crippen LogP) is 0.587. The van der Waals surface area contributed by atoms with Crippen LogP contribution >= 0.6 is 0 Å². The van der Waals surface area contributed by atoms with Crippen LogP contribution in [0.5, 0.6) is 0 Å². The van der Waals surface area contributed by atoms with Gasteiger partial charge in [0.2, 0.25) is 11.6 Å². The number of aromatic nitrogens is 3. The van der Waals surface area contributed by atoms with Gasteiger partial charge in [-0.05, 0) is 11.2 Å². The van der Waals surface area contributed by atoms with E-state index in [1.54, 1.807) is 0 Å². The molecule has 0 unspecified atom stereocenters. The van der Waals surface area contributed by atoms with E-state index in [4.69, 9.17) is 0 Å². The fraction of sp³-hybridized carbons (Fsp3) is 0.0833. The molecule has 0 saturated carbocycles. The highest BCUT2D eigenvalue weighted by molar-refractivity contribution is 6.46. The highest BCUT2D eigenvalue weighted by Crippen LogP contribution is 2.19. The van der Waals surface area contributed by atoms with Gasteiger partial charge < -0.3 is 5.32 Å². The summed E-state index contributed by atoms with van der Waals surface area (Å²) in [4.78, 5) is 42.1. The van der Waals surface area contributed by atoms with Crippen LogP contribution < -0.4 is 5.32 Å². The van der Waals surface area contributed by atoms with Crippen molar-refractivity contribution in [1.29, 1.82) is 0 Å². The van der Waals surface area contributed by atoms with Crippen molar-refractivity contribution in [1.82, 2.24) is 20.1 Å². The number of Topliss-reactive ketones (excluding diaryl/α,β-unsaturated/α-hetero) is 1. The molecule has 0 aliphatic carbocycles. The maximum atomic E-state index is 12.5. The largest absolute Gasteiger partial charge is 0.433 e. The molecule has 1 aromatic carbocycles. The highest BCUT2D eigenvalue weighted by Gasteiger charge is 2.26. The van der Waals surface area contributed by atoms with Crippen molar-refractivity contribution in [2.45, 2.75) is 0 Å². The van der Waals surface area contributed by atoms with E-state index in [2.05, 4.69) is 25.4 Å². The van der Waals surface area contributed by atoms with Gasteiger partial charge in [-0.1, -0.05) is 12.1 Å². The number of nitro benzene ring substituents is 1. The molecule has 0 fully saturated rings. The minimum absolute atomic E-state index is 0.229. The number of carbonyl (C=O) groups is 2. The summed E-state index contributed by atoms with van der Waals surface area (Å²) in [5.74, 6) is -1.31. The summed E-state index contributed by atoms with van der Waals surface area (Å²) in [6.07, 6.45) is 1.35. The molecule has 1 heterocycles. The van der Waals surface area contributed by atoms with Crippen LogP contribution in [0.1, 0.15) is 10.4 Å². The van der Waals surface area contributed by atoms with Crippen molar-refractivity contribution >= 4 is 23.4 Å². The van der Waals surface area contributed by atoms with E-state index < -0.39 is 28.3 Å². The zero-order valence-corrected chi connectivity index (χ0v) is 11.7. The zero-order valence-electron chi connectivity index (χ0n) is 11.7. The summed E-state index contributed by atoms with van der Waals surface area (Å²) in [6, 6.07) is 5.31. The Balaban J connectivity index is 2.46. The van der Waals surface area contributed by atoms with Gasteiger partial charge in [0.25, 0.3) is 5.69 Å². The molecule has 0 saturated heterocycles. The van der Waals surface area contributed by atoms with Crippen molar-refractivity contribution in [3.63, 3.8) is 0 Å². The fourth-order valence-electron chi connectivity index (χ4n) is 1.58. The van der Waals surface area contributed by atoms with Gasteiger partial charge in [0.05, 0.1) is 4.92 Å². The summed E-state index contributed by atoms with van der Waals surface area (Å²) >= 11 is 0. The molecule has 0 spiro atoms. The number of amides is 1. The van der Waals surface area contributed by atoms with E-state index in [1.807, 2.05) is 0 Å². The second kappa shape index (κ2) is 6.89. The first-order valence-electron chi connectivity index (χ1n) is 6.14. The van der Waals surface area contributed by atoms with Crippen LogP contribution in [-0.4, -0.2) is 44.4 Å². The average Bonchev–Trinajstić information content (AvgIpc) is 3.08. The molecule has 23 heavy (non-hydrogen) atoms. The number of para-hydroxylation sites is 1. The van der Waals surface area contributed by atoms with Gasteiger partial charge in [0, 0.05) is 13.1 Å². The Bertz CT molecular complexity index is 770. The first-order chi connectivity index (χ1) is 11.0. The van der Waals surface area contributed by atoms with Crippen LogP contribution in [0.3, 0.4) is 0 Å². The molecular formula is C12H10N6O5. The minimum atomic E-state index is -0.919. The topological polar surface area (TPSA) is 142 Å². The monoisotopic (exact) mass is 318 g/mol. The molecule has 11 nitrogen and oxygen atoms in total. The van der Waals surface area contributed by atoms with E-state index in [0.29, 0.717) is 0 Å². The Morgan fingerprint density at radius 1 is 1.39 bits per heavy atom. The lowest BCUT2D eigenvalue weighted by atomic mass is 10.1. The molecule has 0 radical (unpaired) electrons. The van der Waals surface area contributed by atoms with Crippen molar-refractivity contribution < 1.29 is 19.3 Å². The quantitative estimate of drug-likeness (QED) is 0.217. The number of rotatable bonds is 4. The normalized spacial score (nSPS) is 10.9. The maximum Gasteiger partial charge on any atom is 0.433 e. The standard InChI is InChI=1S/C12H10N6O5/c1-13-12(20)23-16-11(17-7-14-6-15-17)10(19)8-4-2-3-5-9(8)18(21)22/h2-7H,1H3,(H,13,20)/b16-11-. The maximum absolute atomic E-state index is 12.5. The molecule has 11 heteroatoms. The molecule has 118 valence electrons. The molecule has 2 aromatic rings. The first kappa shape index (κ1) is 15.8. The zero-order chi connectivity index (χ0) is 16.8. The molecule has 1 aromatic heterocycles. The van der Waals surface area contributed by atoms with Crippen LogP contribution in [0.2, 0.25) is 0 Å². The number of hydrogen-bond acceptors (Lipinski definition) is 8. The third-order valence-electron chi connectivity index (χ3n) is 2.60. The lowest BCUT2D eigenvalue weighted by molar-refractivity contribution is -0.385. The highest BCUT2D eigenvalue weighted by atomic mass is 16.7. The smallest absolute Gasteiger partial charge is 0.323 e. The van der Waals surface area contributed by atoms with E-state index in [9.17, 15) is 19.7 Å². The van der Waals surface area contributed by atoms with Crippen molar-refractivity contribution in [2.75, 3.05) is 7.05 Å². The number of hydrogen-bond donors (Lipinski definition) is 1. The van der Waals surface area contributed by atoms with E-state index in [1.165, 1.54) is 31.3 Å². The molecule has 0 aliphatic rings. The Morgan fingerprint density at radius 2 is 2.13 bits per heavy atom. The molecule has 1 N–H and O–H groups in total. The van der Waals surface area contributed by atoms with Gasteiger partial charge in [0.1, 0.15) is 18.2 Å². The van der Waals surface area contributed by atoms with Crippen LogP contribution in [0.4, 0.5) is 10.5 Å². The van der Waals surface area contributed by atoms with Gasteiger partial charge in [-0.25, -0.2) is 9.78 Å². The fourth-order valence-corrected chi connectivity index (χ4v) is 1.58. The number of nitrogens with one attached hydrogen (secondary N) is 1. The van der Waals surface area contributed by atoms with E-state index >= 15 is 0 Å². The molecule has 0 bridgehead atoms. The predicted molar refractivity (Wildman–Crippen MR) is 75.8 cm³/mol. The Morgan fingerprint density at radius 3 is 2.74 bits per heavy atom. The first-order valence-corrected chi connectivity index (χ1v) is 6.14.